The Balaban J connectivity index is 1.61. The topological polar surface area (TPSA) is 60.1 Å². The van der Waals surface area contributed by atoms with Crippen molar-refractivity contribution < 1.29 is 9.47 Å². The van der Waals surface area contributed by atoms with Crippen LogP contribution < -0.4 is 9.47 Å². The summed E-state index contributed by atoms with van der Waals surface area (Å²) < 4.78 is 14.8. The number of rotatable bonds is 8. The van der Waals surface area contributed by atoms with Crippen molar-refractivity contribution in [1.82, 2.24) is 9.55 Å². The maximum atomic E-state index is 9.77. The number of ether oxygens (including phenoxy) is 2. The van der Waals surface area contributed by atoms with Crippen molar-refractivity contribution >= 4 is 51.3 Å². The third-order valence-electron chi connectivity index (χ3n) is 5.01. The maximum absolute atomic E-state index is 9.77. The summed E-state index contributed by atoms with van der Waals surface area (Å²) in [6.45, 7) is 3.19. The van der Waals surface area contributed by atoms with Crippen LogP contribution in [0.15, 0.2) is 72.6 Å². The van der Waals surface area contributed by atoms with Gasteiger partial charge in [0.1, 0.15) is 6.61 Å². The molecular weight excluding hydrogens is 549 g/mol. The van der Waals surface area contributed by atoms with Crippen LogP contribution in [0.4, 0.5) is 0 Å². The molecule has 4 rings (SSSR count). The number of fused-ring (bicyclic) bond motifs is 1. The molecule has 1 aromatic heterocycles. The molecule has 0 aliphatic heterocycles. The zero-order valence-electron chi connectivity index (χ0n) is 18.0. The molecule has 0 bridgehead atoms. The third-order valence-corrected chi connectivity index (χ3v) is 6.18. The Morgan fingerprint density at radius 2 is 1.94 bits per heavy atom. The molecule has 0 unspecified atom stereocenters. The van der Waals surface area contributed by atoms with Crippen molar-refractivity contribution in [2.24, 2.45) is 0 Å². The van der Waals surface area contributed by atoms with Crippen molar-refractivity contribution in [1.29, 1.82) is 5.26 Å². The predicted octanol–water partition coefficient (Wildman–Crippen LogP) is 6.88. The highest BCUT2D eigenvalue weighted by Crippen LogP contribution is 2.36. The van der Waals surface area contributed by atoms with Gasteiger partial charge in [0.25, 0.3) is 0 Å². The fourth-order valence-electron chi connectivity index (χ4n) is 3.47. The Kier molecular flexibility index (Phi) is 7.53. The van der Waals surface area contributed by atoms with E-state index in [1.165, 1.54) is 0 Å². The lowest BCUT2D eigenvalue weighted by molar-refractivity contribution is 0.267. The minimum atomic E-state index is 0.335. The van der Waals surface area contributed by atoms with Gasteiger partial charge in [-0.1, -0.05) is 41.9 Å². The van der Waals surface area contributed by atoms with Crippen LogP contribution in [0.25, 0.3) is 17.1 Å². The molecule has 0 fully saturated rings. The first-order chi connectivity index (χ1) is 16.1. The highest BCUT2D eigenvalue weighted by Gasteiger charge is 2.14. The van der Waals surface area contributed by atoms with Crippen LogP contribution in [0.5, 0.6) is 11.5 Å². The van der Waals surface area contributed by atoms with Gasteiger partial charge in [0.05, 0.1) is 40.2 Å². The zero-order valence-corrected chi connectivity index (χ0v) is 20.9. The number of imidazole rings is 1. The summed E-state index contributed by atoms with van der Waals surface area (Å²) in [6, 6.07) is 21.7. The Labute approximate surface area is 211 Å². The molecule has 4 aromatic rings. The monoisotopic (exact) mass is 569 g/mol. The van der Waals surface area contributed by atoms with E-state index in [0.29, 0.717) is 41.9 Å². The lowest BCUT2D eigenvalue weighted by Gasteiger charge is -2.15. The number of para-hydroxylation sites is 2. The molecule has 0 saturated carbocycles. The van der Waals surface area contributed by atoms with Gasteiger partial charge >= 0.3 is 0 Å². The first kappa shape index (κ1) is 23.1. The maximum Gasteiger partial charge on any atom is 0.175 e. The molecule has 0 aliphatic rings. The molecule has 0 spiro atoms. The fourth-order valence-corrected chi connectivity index (χ4v) is 4.45. The van der Waals surface area contributed by atoms with E-state index in [1.54, 1.807) is 6.33 Å². The fraction of sp³-hybridized carbons (Fsp3) is 0.154. The molecule has 33 heavy (non-hydrogen) atoms. The molecule has 166 valence electrons. The molecule has 0 atom stereocenters. The average molecular weight is 570 g/mol. The Bertz CT molecular complexity index is 1360. The van der Waals surface area contributed by atoms with E-state index >= 15 is 0 Å². The minimum absolute atomic E-state index is 0.335. The van der Waals surface area contributed by atoms with Crippen molar-refractivity contribution in [3.05, 3.63) is 92.3 Å². The smallest absolute Gasteiger partial charge is 0.175 e. The van der Waals surface area contributed by atoms with E-state index in [2.05, 4.69) is 33.6 Å². The van der Waals surface area contributed by atoms with Crippen LogP contribution in [-0.4, -0.2) is 16.2 Å². The first-order valence-corrected chi connectivity index (χ1v) is 11.9. The number of hydrogen-bond acceptors (Lipinski definition) is 4. The number of benzene rings is 3. The lowest BCUT2D eigenvalue weighted by atomic mass is 10.1. The second-order valence-corrected chi connectivity index (χ2v) is 8.86. The first-order valence-electron chi connectivity index (χ1n) is 10.4. The van der Waals surface area contributed by atoms with Gasteiger partial charge in [-0.15, -0.1) is 0 Å². The number of allylic oxidation sites excluding steroid dienone is 1. The summed E-state index contributed by atoms with van der Waals surface area (Å²) in [6.07, 6.45) is 3.63. The Morgan fingerprint density at radius 3 is 2.73 bits per heavy atom. The molecule has 0 radical (unpaired) electrons. The standard InChI is InChI=1S/C26H21ClIN3O2/c1-2-32-25-13-18(12-22(28)26(25)33-16-20-7-3-4-8-21(20)27)11-19(14-29)15-31-17-30-23-9-5-6-10-24(23)31/h3-13,17H,2,15-16H2,1H3/b19-11-. The van der Waals surface area contributed by atoms with E-state index in [9.17, 15) is 5.26 Å². The quantitative estimate of drug-likeness (QED) is 0.171. The summed E-state index contributed by atoms with van der Waals surface area (Å²) in [7, 11) is 0. The van der Waals surface area contributed by atoms with Gasteiger partial charge in [-0.2, -0.15) is 5.26 Å². The number of nitrogens with zero attached hydrogens (tertiary/aromatic N) is 3. The van der Waals surface area contributed by atoms with E-state index in [4.69, 9.17) is 21.1 Å². The van der Waals surface area contributed by atoms with Gasteiger partial charge in [0.2, 0.25) is 0 Å². The summed E-state index contributed by atoms with van der Waals surface area (Å²) in [5.41, 5.74) is 4.28. The van der Waals surface area contributed by atoms with Crippen molar-refractivity contribution in [2.45, 2.75) is 20.1 Å². The average Bonchev–Trinajstić information content (AvgIpc) is 3.22. The molecule has 0 aliphatic carbocycles. The molecule has 0 amide bonds. The van der Waals surface area contributed by atoms with Crippen LogP contribution in [0, 0.1) is 14.9 Å². The van der Waals surface area contributed by atoms with Crippen LogP contribution >= 0.6 is 34.2 Å². The number of hydrogen-bond donors (Lipinski definition) is 0. The summed E-state index contributed by atoms with van der Waals surface area (Å²) in [5, 5.41) is 10.4. The molecular formula is C26H21ClIN3O2. The highest BCUT2D eigenvalue weighted by atomic mass is 127. The second kappa shape index (κ2) is 10.7. The number of nitriles is 1. The zero-order chi connectivity index (χ0) is 23.2. The van der Waals surface area contributed by atoms with E-state index in [1.807, 2.05) is 78.2 Å². The molecule has 3 aromatic carbocycles. The summed E-state index contributed by atoms with van der Waals surface area (Å²) in [4.78, 5) is 4.41. The van der Waals surface area contributed by atoms with Gasteiger partial charge in [-0.3, -0.25) is 0 Å². The van der Waals surface area contributed by atoms with Crippen molar-refractivity contribution in [2.75, 3.05) is 6.61 Å². The van der Waals surface area contributed by atoms with Gasteiger partial charge in [0.15, 0.2) is 11.5 Å². The van der Waals surface area contributed by atoms with Crippen molar-refractivity contribution in [3.8, 4) is 17.6 Å². The second-order valence-electron chi connectivity index (χ2n) is 7.29. The molecule has 1 heterocycles. The normalized spacial score (nSPS) is 11.4. The van der Waals surface area contributed by atoms with Crippen LogP contribution in [0.2, 0.25) is 5.02 Å². The van der Waals surface area contributed by atoms with Crippen molar-refractivity contribution in [3.63, 3.8) is 0 Å². The van der Waals surface area contributed by atoms with Gasteiger partial charge in [0, 0.05) is 16.2 Å². The Hall–Kier alpha value is -3.02. The lowest BCUT2D eigenvalue weighted by Crippen LogP contribution is -2.03. The molecule has 5 nitrogen and oxygen atoms in total. The van der Waals surface area contributed by atoms with Gasteiger partial charge < -0.3 is 14.0 Å². The summed E-state index contributed by atoms with van der Waals surface area (Å²) in [5.74, 6) is 1.29. The predicted molar refractivity (Wildman–Crippen MR) is 139 cm³/mol. The third kappa shape index (κ3) is 5.49. The van der Waals surface area contributed by atoms with Crippen LogP contribution in [-0.2, 0) is 13.2 Å². The van der Waals surface area contributed by atoms with E-state index < -0.39 is 0 Å². The van der Waals surface area contributed by atoms with Gasteiger partial charge in [-0.05, 0) is 71.5 Å². The molecule has 7 heteroatoms. The SMILES string of the molecule is CCOc1cc(/C=C(/C#N)Cn2cnc3ccccc32)cc(I)c1OCc1ccccc1Cl. The minimum Gasteiger partial charge on any atom is -0.490 e. The largest absolute Gasteiger partial charge is 0.490 e. The van der Waals surface area contributed by atoms with E-state index in [0.717, 1.165) is 25.7 Å². The molecule has 0 N–H and O–H groups in total. The van der Waals surface area contributed by atoms with Crippen LogP contribution in [0.3, 0.4) is 0 Å². The van der Waals surface area contributed by atoms with E-state index in [-0.39, 0.29) is 0 Å². The number of halogens is 2. The highest BCUT2D eigenvalue weighted by molar-refractivity contribution is 14.1. The molecule has 0 saturated heterocycles. The summed E-state index contributed by atoms with van der Waals surface area (Å²) >= 11 is 8.50. The van der Waals surface area contributed by atoms with Crippen LogP contribution in [0.1, 0.15) is 18.1 Å². The Morgan fingerprint density at radius 1 is 1.15 bits per heavy atom. The number of aromatic nitrogens is 2. The van der Waals surface area contributed by atoms with Gasteiger partial charge in [-0.25, -0.2) is 4.98 Å².